The van der Waals surface area contributed by atoms with E-state index < -0.39 is 16.6 Å². The molecule has 0 unspecified atom stereocenters. The number of rotatable bonds is 5. The zero-order chi connectivity index (χ0) is 17.8. The Morgan fingerprint density at radius 2 is 0.958 bits per heavy atom. The molecule has 2 rings (SSSR count). The average Bonchev–Trinajstić information content (AvgIpc) is 2.76. The van der Waals surface area contributed by atoms with Crippen molar-refractivity contribution in [2.45, 2.75) is 39.3 Å². The molecule has 0 aromatic heterocycles. The fourth-order valence-electron chi connectivity index (χ4n) is 2.16. The van der Waals surface area contributed by atoms with Crippen LogP contribution in [0.1, 0.15) is 0 Å². The normalized spacial score (nSPS) is 18.8. The van der Waals surface area contributed by atoms with E-state index in [1.807, 2.05) is 0 Å². The van der Waals surface area contributed by atoms with Crippen molar-refractivity contribution in [1.29, 1.82) is 0 Å². The average molecular weight is 387 g/mol. The summed E-state index contributed by atoms with van der Waals surface area (Å²) in [5, 5.41) is 0. The third kappa shape index (κ3) is 6.80. The molecule has 0 amide bonds. The van der Waals surface area contributed by atoms with Crippen LogP contribution in [-0.2, 0) is 8.85 Å². The van der Waals surface area contributed by atoms with Gasteiger partial charge < -0.3 is 8.85 Å². The van der Waals surface area contributed by atoms with Gasteiger partial charge in [0.05, 0.1) is 11.5 Å². The van der Waals surface area contributed by atoms with E-state index in [9.17, 15) is 0 Å². The Balaban J connectivity index is 2.06. The fraction of sp³-hybridized carbons (Fsp3) is 0.333. The van der Waals surface area contributed by atoms with Crippen molar-refractivity contribution in [3.63, 3.8) is 0 Å². The lowest BCUT2D eigenvalue weighted by Crippen LogP contribution is -2.24. The second kappa shape index (κ2) is 7.86. The van der Waals surface area contributed by atoms with E-state index in [1.165, 1.54) is 11.1 Å². The first-order chi connectivity index (χ1) is 11.1. The second-order valence-electron chi connectivity index (χ2n) is 7.72. The highest BCUT2D eigenvalue weighted by molar-refractivity contribution is 6.70. The lowest BCUT2D eigenvalue weighted by atomic mass is 10.1. The molecule has 2 aliphatic heterocycles. The van der Waals surface area contributed by atoms with Gasteiger partial charge in [0.2, 0.25) is 16.6 Å². The van der Waals surface area contributed by atoms with Crippen LogP contribution in [0.25, 0.3) is 0 Å². The van der Waals surface area contributed by atoms with E-state index in [0.29, 0.717) is 19.0 Å². The predicted octanol–water partition coefficient (Wildman–Crippen LogP) is 4.69. The van der Waals surface area contributed by atoms with Crippen molar-refractivity contribution >= 4 is 35.7 Å². The zero-order valence-electron chi connectivity index (χ0n) is 15.4. The monoisotopic (exact) mass is 386 g/mol. The molecular formula is C18H26O2Si4. The van der Waals surface area contributed by atoms with Gasteiger partial charge in [0, 0.05) is 0 Å². The van der Waals surface area contributed by atoms with Crippen LogP contribution in [0.2, 0.25) is 39.3 Å². The maximum Gasteiger partial charge on any atom is 0.242 e. The molecule has 0 spiro atoms. The highest BCUT2D eigenvalue weighted by atomic mass is 28.4. The van der Waals surface area contributed by atoms with E-state index in [4.69, 9.17) is 8.85 Å². The molecule has 0 N–H and O–H groups in total. The van der Waals surface area contributed by atoms with Crippen LogP contribution in [0.15, 0.2) is 69.8 Å². The molecule has 0 aromatic rings. The Morgan fingerprint density at radius 3 is 1.29 bits per heavy atom. The number of hydrogen-bond acceptors (Lipinski definition) is 2. The summed E-state index contributed by atoms with van der Waals surface area (Å²) in [6.07, 6.45) is 8.58. The van der Waals surface area contributed by atoms with Gasteiger partial charge in [0.15, 0.2) is 0 Å². The van der Waals surface area contributed by atoms with Crippen molar-refractivity contribution in [2.24, 2.45) is 0 Å². The molecule has 0 saturated carbocycles. The minimum absolute atomic E-state index is 0.646. The van der Waals surface area contributed by atoms with Gasteiger partial charge in [-0.05, 0) is 62.6 Å². The Kier molecular flexibility index (Phi) is 6.30. The summed E-state index contributed by atoms with van der Waals surface area (Å²) in [5.74, 6) is 2.03. The van der Waals surface area contributed by atoms with Crippen LogP contribution in [-0.4, -0.2) is 35.7 Å². The molecule has 24 heavy (non-hydrogen) atoms. The summed E-state index contributed by atoms with van der Waals surface area (Å²) in [7, 11) is -1.82. The molecule has 2 aliphatic rings. The van der Waals surface area contributed by atoms with Gasteiger partial charge in [-0.15, -0.1) is 0 Å². The number of hydrogen-bond donors (Lipinski definition) is 0. The van der Waals surface area contributed by atoms with Crippen molar-refractivity contribution in [3.8, 4) is 0 Å². The standard InChI is InChI=1S/C18H26O2Si4/c1-23(2,3)19-17-9-7-15(11-21-13-17)16-8-10-18(14-22-12-16)20-24(4,5)6/h7-14H,1-6H3. The Morgan fingerprint density at radius 1 is 0.583 bits per heavy atom. The molecule has 126 valence electrons. The van der Waals surface area contributed by atoms with Crippen LogP contribution in [0, 0.1) is 0 Å². The Bertz CT molecular complexity index is 595. The van der Waals surface area contributed by atoms with Crippen molar-refractivity contribution in [2.75, 3.05) is 0 Å². The molecule has 4 radical (unpaired) electrons. The molecule has 0 bridgehead atoms. The second-order valence-corrected chi connectivity index (χ2v) is 18.4. The highest BCUT2D eigenvalue weighted by Crippen LogP contribution is 2.22. The first kappa shape index (κ1) is 19.2. The van der Waals surface area contributed by atoms with Gasteiger partial charge in [-0.2, -0.15) is 0 Å². The van der Waals surface area contributed by atoms with E-state index in [0.717, 1.165) is 11.5 Å². The fourth-order valence-corrected chi connectivity index (χ4v) is 5.75. The molecule has 0 saturated heterocycles. The van der Waals surface area contributed by atoms with E-state index >= 15 is 0 Å². The molecule has 0 aromatic carbocycles. The van der Waals surface area contributed by atoms with Gasteiger partial charge in [0.25, 0.3) is 0 Å². The molecule has 2 heterocycles. The summed E-state index contributed by atoms with van der Waals surface area (Å²) < 4.78 is 12.2. The summed E-state index contributed by atoms with van der Waals surface area (Å²) in [6, 6.07) is 0. The first-order valence-electron chi connectivity index (χ1n) is 8.20. The number of allylic oxidation sites excluding steroid dienone is 6. The molecule has 0 fully saturated rings. The summed E-state index contributed by atoms with van der Waals surface area (Å²) in [5.41, 5.74) is 11.5. The van der Waals surface area contributed by atoms with Crippen LogP contribution in [0.5, 0.6) is 0 Å². The lowest BCUT2D eigenvalue weighted by Gasteiger charge is -2.19. The van der Waals surface area contributed by atoms with Gasteiger partial charge in [-0.3, -0.25) is 0 Å². The molecular weight excluding hydrogens is 361 g/mol. The van der Waals surface area contributed by atoms with E-state index in [1.54, 1.807) is 0 Å². The maximum absolute atomic E-state index is 6.12. The SMILES string of the molecule is C[Si](C)(C)OC1=C[Si]C=C(C2=C[Si]C=C(O[Si](C)(C)C)C=C2)C=C1. The lowest BCUT2D eigenvalue weighted by molar-refractivity contribution is 0.442. The molecule has 0 atom stereocenters. The largest absolute Gasteiger partial charge is 0.545 e. The van der Waals surface area contributed by atoms with E-state index in [-0.39, 0.29) is 0 Å². The van der Waals surface area contributed by atoms with Crippen LogP contribution < -0.4 is 0 Å². The summed E-state index contributed by atoms with van der Waals surface area (Å²) in [4.78, 5) is 0. The van der Waals surface area contributed by atoms with Crippen LogP contribution >= 0.6 is 0 Å². The quantitative estimate of drug-likeness (QED) is 0.638. The maximum atomic E-state index is 6.12. The van der Waals surface area contributed by atoms with Crippen LogP contribution in [0.4, 0.5) is 0 Å². The Hall–Kier alpha value is -1.09. The van der Waals surface area contributed by atoms with Crippen molar-refractivity contribution < 1.29 is 8.85 Å². The minimum Gasteiger partial charge on any atom is -0.545 e. The van der Waals surface area contributed by atoms with Crippen LogP contribution in [0.3, 0.4) is 0 Å². The highest BCUT2D eigenvalue weighted by Gasteiger charge is 2.18. The topological polar surface area (TPSA) is 18.5 Å². The minimum atomic E-state index is -1.56. The van der Waals surface area contributed by atoms with E-state index in [2.05, 4.69) is 86.4 Å². The van der Waals surface area contributed by atoms with Crippen molar-refractivity contribution in [3.05, 3.63) is 69.8 Å². The molecule has 6 heteroatoms. The zero-order valence-corrected chi connectivity index (χ0v) is 19.4. The van der Waals surface area contributed by atoms with Gasteiger partial charge >= 0.3 is 0 Å². The predicted molar refractivity (Wildman–Crippen MR) is 111 cm³/mol. The smallest absolute Gasteiger partial charge is 0.242 e. The van der Waals surface area contributed by atoms with Gasteiger partial charge in [0.1, 0.15) is 19.0 Å². The summed E-state index contributed by atoms with van der Waals surface area (Å²) >= 11 is 0. The van der Waals surface area contributed by atoms with Crippen molar-refractivity contribution in [1.82, 2.24) is 0 Å². The third-order valence-corrected chi connectivity index (χ3v) is 6.52. The molecule has 2 nitrogen and oxygen atoms in total. The first-order valence-corrected chi connectivity index (χ1v) is 17.3. The Labute approximate surface area is 153 Å². The summed E-state index contributed by atoms with van der Waals surface area (Å²) in [6.45, 7) is 13.3. The molecule has 0 aliphatic carbocycles. The van der Waals surface area contributed by atoms with Gasteiger partial charge in [-0.1, -0.05) is 34.9 Å². The van der Waals surface area contributed by atoms with Gasteiger partial charge in [-0.25, -0.2) is 0 Å². The third-order valence-electron chi connectivity index (χ3n) is 2.96.